The van der Waals surface area contributed by atoms with E-state index in [0.717, 1.165) is 0 Å². The Morgan fingerprint density at radius 1 is 0.944 bits per heavy atom. The van der Waals surface area contributed by atoms with Gasteiger partial charge in [-0.15, -0.1) is 0 Å². The van der Waals surface area contributed by atoms with Crippen molar-refractivity contribution in [3.8, 4) is 0 Å². The van der Waals surface area contributed by atoms with Crippen LogP contribution in [-0.4, -0.2) is 8.42 Å². The van der Waals surface area contributed by atoms with Gasteiger partial charge in [-0.3, -0.25) is 4.72 Å². The summed E-state index contributed by atoms with van der Waals surface area (Å²) in [5.74, 6) is -0.426. The molecule has 0 atom stereocenters. The van der Waals surface area contributed by atoms with Crippen molar-refractivity contribution in [2.24, 2.45) is 0 Å². The Kier molecular flexibility index (Phi) is 3.54. The summed E-state index contributed by atoms with van der Waals surface area (Å²) in [5.41, 5.74) is 0.298. The van der Waals surface area contributed by atoms with E-state index in [9.17, 15) is 12.8 Å². The molecule has 0 amide bonds. The number of benzene rings is 2. The molecule has 0 unspecified atom stereocenters. The van der Waals surface area contributed by atoms with Crippen molar-refractivity contribution in [1.29, 1.82) is 0 Å². The minimum absolute atomic E-state index is 0.0937. The third-order valence-electron chi connectivity index (χ3n) is 2.22. The molecular formula is C12H9ClFNO2S. The Morgan fingerprint density at radius 3 is 2.06 bits per heavy atom. The lowest BCUT2D eigenvalue weighted by molar-refractivity contribution is 0.601. The highest BCUT2D eigenvalue weighted by Gasteiger charge is 2.13. The molecule has 0 bridgehead atoms. The molecule has 0 aromatic heterocycles. The van der Waals surface area contributed by atoms with Gasteiger partial charge >= 0.3 is 0 Å². The van der Waals surface area contributed by atoms with Crippen LogP contribution in [0.1, 0.15) is 0 Å². The first-order chi connectivity index (χ1) is 8.47. The highest BCUT2D eigenvalue weighted by molar-refractivity contribution is 7.92. The first kappa shape index (κ1) is 12.9. The Bertz CT molecular complexity index is 639. The van der Waals surface area contributed by atoms with Gasteiger partial charge in [-0.1, -0.05) is 11.6 Å². The van der Waals surface area contributed by atoms with Crippen LogP contribution in [0.15, 0.2) is 53.4 Å². The first-order valence-corrected chi connectivity index (χ1v) is 6.87. The zero-order chi connectivity index (χ0) is 13.2. The molecule has 2 rings (SSSR count). The van der Waals surface area contributed by atoms with E-state index in [2.05, 4.69) is 4.72 Å². The van der Waals surface area contributed by atoms with Crippen LogP contribution in [0, 0.1) is 5.82 Å². The van der Waals surface area contributed by atoms with Crippen LogP contribution >= 0.6 is 11.6 Å². The minimum Gasteiger partial charge on any atom is -0.280 e. The smallest absolute Gasteiger partial charge is 0.261 e. The Hall–Kier alpha value is -1.59. The standard InChI is InChI=1S/C12H9ClFNO2S/c13-9-1-7-12(8-2-9)18(16,17)15-11-5-3-10(14)4-6-11/h1-8,15H. The summed E-state index contributed by atoms with van der Waals surface area (Å²) in [5, 5.41) is 0.454. The first-order valence-electron chi connectivity index (χ1n) is 5.01. The summed E-state index contributed by atoms with van der Waals surface area (Å²) in [7, 11) is -3.67. The van der Waals surface area contributed by atoms with Crippen molar-refractivity contribution in [2.75, 3.05) is 4.72 Å². The molecule has 0 heterocycles. The van der Waals surface area contributed by atoms with Crippen molar-refractivity contribution in [3.05, 3.63) is 59.4 Å². The van der Waals surface area contributed by atoms with Gasteiger partial charge in [0.15, 0.2) is 0 Å². The summed E-state index contributed by atoms with van der Waals surface area (Å²) in [6.07, 6.45) is 0. The van der Waals surface area contributed by atoms with Crippen LogP contribution in [0.4, 0.5) is 10.1 Å². The van der Waals surface area contributed by atoms with Gasteiger partial charge in [0.05, 0.1) is 4.90 Å². The van der Waals surface area contributed by atoms with Gasteiger partial charge < -0.3 is 0 Å². The second-order valence-corrected chi connectivity index (χ2v) is 5.69. The molecule has 0 spiro atoms. The van der Waals surface area contributed by atoms with Crippen molar-refractivity contribution in [2.45, 2.75) is 4.90 Å². The van der Waals surface area contributed by atoms with Crippen LogP contribution < -0.4 is 4.72 Å². The van der Waals surface area contributed by atoms with Crippen LogP contribution in [0.25, 0.3) is 0 Å². The molecule has 0 saturated heterocycles. The molecule has 1 N–H and O–H groups in total. The SMILES string of the molecule is O=S(=O)(Nc1ccc(F)cc1)c1ccc(Cl)cc1. The lowest BCUT2D eigenvalue weighted by Gasteiger charge is -2.07. The lowest BCUT2D eigenvalue weighted by atomic mass is 10.3. The second kappa shape index (κ2) is 4.96. The van der Waals surface area contributed by atoms with E-state index in [4.69, 9.17) is 11.6 Å². The van der Waals surface area contributed by atoms with E-state index in [1.165, 1.54) is 48.5 Å². The second-order valence-electron chi connectivity index (χ2n) is 3.57. The Balaban J connectivity index is 2.27. The fourth-order valence-electron chi connectivity index (χ4n) is 1.35. The molecule has 0 aliphatic heterocycles. The van der Waals surface area contributed by atoms with E-state index in [-0.39, 0.29) is 4.90 Å². The largest absolute Gasteiger partial charge is 0.280 e. The molecule has 0 saturated carbocycles. The summed E-state index contributed by atoms with van der Waals surface area (Å²) >= 11 is 5.68. The van der Waals surface area contributed by atoms with Crippen LogP contribution in [0.2, 0.25) is 5.02 Å². The average molecular weight is 286 g/mol. The summed E-state index contributed by atoms with van der Waals surface area (Å²) in [6, 6.07) is 10.8. The van der Waals surface area contributed by atoms with Crippen molar-refractivity contribution < 1.29 is 12.8 Å². The molecule has 0 fully saturated rings. The molecular weight excluding hydrogens is 277 g/mol. The van der Waals surface area contributed by atoms with Crippen LogP contribution in [0.5, 0.6) is 0 Å². The van der Waals surface area contributed by atoms with Gasteiger partial charge in [0, 0.05) is 10.7 Å². The fourth-order valence-corrected chi connectivity index (χ4v) is 2.53. The number of anilines is 1. The predicted octanol–water partition coefficient (Wildman–Crippen LogP) is 3.28. The molecule has 0 aliphatic rings. The number of rotatable bonds is 3. The average Bonchev–Trinajstić information content (AvgIpc) is 2.32. The number of halogens is 2. The van der Waals surface area contributed by atoms with Gasteiger partial charge in [-0.2, -0.15) is 0 Å². The molecule has 18 heavy (non-hydrogen) atoms. The Morgan fingerprint density at radius 2 is 1.50 bits per heavy atom. The fraction of sp³-hybridized carbons (Fsp3) is 0. The highest BCUT2D eigenvalue weighted by Crippen LogP contribution is 2.18. The van der Waals surface area contributed by atoms with E-state index in [1.807, 2.05) is 0 Å². The summed E-state index contributed by atoms with van der Waals surface area (Å²) < 4.78 is 38.9. The minimum atomic E-state index is -3.67. The molecule has 0 aliphatic carbocycles. The van der Waals surface area contributed by atoms with Crippen molar-refractivity contribution in [3.63, 3.8) is 0 Å². The van der Waals surface area contributed by atoms with Crippen LogP contribution in [-0.2, 0) is 10.0 Å². The van der Waals surface area contributed by atoms with Gasteiger partial charge in [0.1, 0.15) is 5.82 Å². The van der Waals surface area contributed by atoms with Crippen molar-refractivity contribution >= 4 is 27.3 Å². The topological polar surface area (TPSA) is 46.2 Å². The normalized spacial score (nSPS) is 11.2. The van der Waals surface area contributed by atoms with Crippen LogP contribution in [0.3, 0.4) is 0 Å². The maximum atomic E-state index is 12.7. The van der Waals surface area contributed by atoms with E-state index in [1.54, 1.807) is 0 Å². The van der Waals surface area contributed by atoms with Gasteiger partial charge in [0.2, 0.25) is 0 Å². The molecule has 3 nitrogen and oxygen atoms in total. The Labute approximate surface area is 109 Å². The molecule has 2 aromatic carbocycles. The van der Waals surface area contributed by atoms with E-state index in [0.29, 0.717) is 10.7 Å². The van der Waals surface area contributed by atoms with E-state index >= 15 is 0 Å². The lowest BCUT2D eigenvalue weighted by Crippen LogP contribution is -2.12. The summed E-state index contributed by atoms with van der Waals surface area (Å²) in [4.78, 5) is 0.0937. The molecule has 94 valence electrons. The van der Waals surface area contributed by atoms with Gasteiger partial charge in [-0.25, -0.2) is 12.8 Å². The zero-order valence-electron chi connectivity index (χ0n) is 9.10. The molecule has 6 heteroatoms. The maximum Gasteiger partial charge on any atom is 0.261 e. The zero-order valence-corrected chi connectivity index (χ0v) is 10.7. The highest BCUT2D eigenvalue weighted by atomic mass is 35.5. The number of hydrogen-bond donors (Lipinski definition) is 1. The van der Waals surface area contributed by atoms with Gasteiger partial charge in [0.25, 0.3) is 10.0 Å². The van der Waals surface area contributed by atoms with Crippen molar-refractivity contribution in [1.82, 2.24) is 0 Å². The monoisotopic (exact) mass is 285 g/mol. The molecule has 0 radical (unpaired) electrons. The van der Waals surface area contributed by atoms with Gasteiger partial charge in [-0.05, 0) is 48.5 Å². The number of nitrogens with one attached hydrogen (secondary N) is 1. The quantitative estimate of drug-likeness (QED) is 0.941. The number of hydrogen-bond acceptors (Lipinski definition) is 2. The third-order valence-corrected chi connectivity index (χ3v) is 3.87. The number of sulfonamides is 1. The summed E-state index contributed by atoms with van der Waals surface area (Å²) in [6.45, 7) is 0. The maximum absolute atomic E-state index is 12.7. The predicted molar refractivity (Wildman–Crippen MR) is 68.7 cm³/mol. The van der Waals surface area contributed by atoms with E-state index < -0.39 is 15.8 Å². The third kappa shape index (κ3) is 3.00. The molecule has 2 aromatic rings.